The minimum Gasteiger partial charge on any atom is -0.490 e. The first-order chi connectivity index (χ1) is 25.7. The van der Waals surface area contributed by atoms with Gasteiger partial charge in [0.15, 0.2) is 5.75 Å². The smallest absolute Gasteiger partial charge is 0.262 e. The van der Waals surface area contributed by atoms with Gasteiger partial charge in [0.25, 0.3) is 11.8 Å². The zero-order valence-corrected chi connectivity index (χ0v) is 28.6. The van der Waals surface area contributed by atoms with Crippen molar-refractivity contribution in [3.8, 4) is 28.9 Å². The van der Waals surface area contributed by atoms with Gasteiger partial charge in [0.1, 0.15) is 23.6 Å². The molecule has 4 heterocycles. The summed E-state index contributed by atoms with van der Waals surface area (Å²) in [5.41, 5.74) is 3.67. The Morgan fingerprint density at radius 2 is 1.51 bits per heavy atom. The normalized spacial score (nSPS) is 21.5. The van der Waals surface area contributed by atoms with Crippen LogP contribution in [0.2, 0.25) is 0 Å². The number of benzene rings is 3. The van der Waals surface area contributed by atoms with E-state index in [4.69, 9.17) is 14.0 Å². The summed E-state index contributed by atoms with van der Waals surface area (Å²) in [6, 6.07) is 20.7. The average Bonchev–Trinajstić information content (AvgIpc) is 3.78. The number of aromatic nitrogens is 4. The second-order valence-electron chi connectivity index (χ2n) is 13.9. The number of anilines is 1. The standard InChI is InChI=1S/C39H33N7O7/c1-21-42-35(45-53-21)34-40-19-29(20-41-34)52-27-9-4-23(5-10-27)39(14-15-39)22-2-7-26(8-3-22)51-28-16-25(17-28)43-24-6-11-30-31(18-24)38(50)46(37(30)49)32-12-13-33(47)44-36(32)48/h2-11,18-20,25,28,32,43H,12-17H2,1H3,(H,44,47,48). The van der Waals surface area contributed by atoms with Crippen LogP contribution in [0.15, 0.2) is 83.6 Å². The summed E-state index contributed by atoms with van der Waals surface area (Å²) in [6.45, 7) is 1.71. The number of nitrogens with one attached hydrogen (secondary N) is 2. The number of hydrogen-bond acceptors (Lipinski definition) is 12. The summed E-state index contributed by atoms with van der Waals surface area (Å²) in [5.74, 6) is 1.07. The number of amides is 4. The molecule has 1 atom stereocenters. The van der Waals surface area contributed by atoms with Crippen molar-refractivity contribution in [1.82, 2.24) is 30.3 Å². The molecule has 266 valence electrons. The summed E-state index contributed by atoms with van der Waals surface area (Å²) in [7, 11) is 0. The Bertz CT molecular complexity index is 2260. The zero-order valence-electron chi connectivity index (χ0n) is 28.6. The van der Waals surface area contributed by atoms with Gasteiger partial charge in [-0.3, -0.25) is 29.4 Å². The maximum Gasteiger partial charge on any atom is 0.262 e. The van der Waals surface area contributed by atoms with Crippen LogP contribution in [0.25, 0.3) is 11.6 Å². The van der Waals surface area contributed by atoms with E-state index in [9.17, 15) is 19.2 Å². The predicted molar refractivity (Wildman–Crippen MR) is 187 cm³/mol. The van der Waals surface area contributed by atoms with Crippen molar-refractivity contribution in [1.29, 1.82) is 0 Å². The number of imide groups is 2. The molecule has 2 aliphatic carbocycles. The molecule has 1 unspecified atom stereocenters. The Balaban J connectivity index is 0.773. The molecule has 5 aromatic rings. The van der Waals surface area contributed by atoms with Crippen molar-refractivity contribution >= 4 is 29.3 Å². The van der Waals surface area contributed by atoms with E-state index in [1.54, 1.807) is 37.5 Å². The Morgan fingerprint density at radius 3 is 2.15 bits per heavy atom. The Kier molecular flexibility index (Phi) is 7.75. The highest BCUT2D eigenvalue weighted by atomic mass is 16.5. The maximum absolute atomic E-state index is 13.2. The fourth-order valence-electron chi connectivity index (χ4n) is 7.34. The summed E-state index contributed by atoms with van der Waals surface area (Å²) in [6.07, 6.45) is 7.09. The zero-order chi connectivity index (χ0) is 36.3. The van der Waals surface area contributed by atoms with E-state index >= 15 is 0 Å². The van der Waals surface area contributed by atoms with Crippen LogP contribution >= 0.6 is 0 Å². The van der Waals surface area contributed by atoms with Crippen LogP contribution in [0.1, 0.15) is 76.3 Å². The molecule has 2 aliphatic heterocycles. The minimum absolute atomic E-state index is 0.0310. The molecule has 2 saturated carbocycles. The molecule has 4 aliphatic rings. The van der Waals surface area contributed by atoms with E-state index in [2.05, 4.69) is 55.0 Å². The highest BCUT2D eigenvalue weighted by molar-refractivity contribution is 6.23. The van der Waals surface area contributed by atoms with Gasteiger partial charge in [-0.2, -0.15) is 4.98 Å². The molecule has 4 amide bonds. The monoisotopic (exact) mass is 711 g/mol. The van der Waals surface area contributed by atoms with Gasteiger partial charge in [-0.05, 0) is 72.9 Å². The number of hydrogen-bond donors (Lipinski definition) is 2. The predicted octanol–water partition coefficient (Wildman–Crippen LogP) is 5.13. The Morgan fingerprint density at radius 1 is 0.830 bits per heavy atom. The van der Waals surface area contributed by atoms with Crippen molar-refractivity contribution < 1.29 is 33.2 Å². The van der Waals surface area contributed by atoms with Crippen LogP contribution in [-0.2, 0) is 15.0 Å². The number of fused-ring (bicyclic) bond motifs is 1. The molecule has 14 nitrogen and oxygen atoms in total. The van der Waals surface area contributed by atoms with Crippen molar-refractivity contribution in [2.24, 2.45) is 0 Å². The molecular weight excluding hydrogens is 678 g/mol. The third kappa shape index (κ3) is 6.05. The first kappa shape index (κ1) is 32.5. The lowest BCUT2D eigenvalue weighted by Crippen LogP contribution is -2.54. The van der Waals surface area contributed by atoms with Gasteiger partial charge in [0.2, 0.25) is 29.4 Å². The molecule has 3 aromatic carbocycles. The lowest BCUT2D eigenvalue weighted by Gasteiger charge is -2.36. The number of nitrogens with zero attached hydrogens (tertiary/aromatic N) is 5. The number of rotatable bonds is 10. The van der Waals surface area contributed by atoms with Crippen LogP contribution < -0.4 is 20.1 Å². The molecule has 14 heteroatoms. The summed E-state index contributed by atoms with van der Waals surface area (Å²) in [4.78, 5) is 63.8. The van der Waals surface area contributed by atoms with Crippen LogP contribution in [0.5, 0.6) is 17.2 Å². The molecular formula is C39H33N7O7. The molecule has 9 rings (SSSR count). The van der Waals surface area contributed by atoms with Crippen LogP contribution in [0, 0.1) is 6.92 Å². The van der Waals surface area contributed by atoms with Crippen molar-refractivity contribution in [2.45, 2.75) is 69.1 Å². The maximum atomic E-state index is 13.2. The second kappa shape index (κ2) is 12.7. The van der Waals surface area contributed by atoms with Gasteiger partial charge in [0.05, 0.1) is 23.5 Å². The van der Waals surface area contributed by atoms with E-state index in [1.165, 1.54) is 11.1 Å². The van der Waals surface area contributed by atoms with Gasteiger partial charge >= 0.3 is 0 Å². The SMILES string of the molecule is Cc1nc(-c2ncc(Oc3ccc(C4(c5ccc(OC6CC(Nc7ccc8c(c7)C(=O)N(C7CCC(=O)NC7=O)C8=O)C6)cc5)CC4)cc3)cn2)no1. The van der Waals surface area contributed by atoms with E-state index in [0.29, 0.717) is 29.0 Å². The number of carbonyl (C=O) groups is 4. The van der Waals surface area contributed by atoms with Gasteiger partial charge in [-0.1, -0.05) is 29.4 Å². The quantitative estimate of drug-likeness (QED) is 0.183. The number of carbonyl (C=O) groups excluding carboxylic acids is 4. The molecule has 0 bridgehead atoms. The van der Waals surface area contributed by atoms with Crippen LogP contribution in [0.3, 0.4) is 0 Å². The minimum atomic E-state index is -0.987. The number of piperidine rings is 1. The first-order valence-corrected chi connectivity index (χ1v) is 17.5. The molecule has 1 saturated heterocycles. The van der Waals surface area contributed by atoms with E-state index in [1.807, 2.05) is 24.3 Å². The molecule has 0 radical (unpaired) electrons. The van der Waals surface area contributed by atoms with Gasteiger partial charge in [-0.15, -0.1) is 0 Å². The largest absolute Gasteiger partial charge is 0.490 e. The molecule has 53 heavy (non-hydrogen) atoms. The number of aryl methyl sites for hydroxylation is 1. The number of ether oxygens (including phenoxy) is 2. The van der Waals surface area contributed by atoms with E-state index in [0.717, 1.165) is 42.0 Å². The molecule has 3 fully saturated rings. The fourth-order valence-corrected chi connectivity index (χ4v) is 7.34. The molecule has 0 spiro atoms. The molecule has 2 aromatic heterocycles. The summed E-state index contributed by atoms with van der Waals surface area (Å²) in [5, 5.41) is 9.50. The first-order valence-electron chi connectivity index (χ1n) is 17.5. The van der Waals surface area contributed by atoms with Gasteiger partial charge in [0, 0.05) is 43.3 Å². The lowest BCUT2D eigenvalue weighted by molar-refractivity contribution is -0.136. The van der Waals surface area contributed by atoms with E-state index < -0.39 is 29.7 Å². The summed E-state index contributed by atoms with van der Waals surface area (Å²) >= 11 is 0. The average molecular weight is 712 g/mol. The Labute approximate surface area is 302 Å². The Hall–Kier alpha value is -6.44. The van der Waals surface area contributed by atoms with E-state index in [-0.39, 0.29) is 41.5 Å². The second-order valence-corrected chi connectivity index (χ2v) is 13.9. The highest BCUT2D eigenvalue weighted by Gasteiger charge is 2.46. The van der Waals surface area contributed by atoms with Gasteiger partial charge in [-0.25, -0.2) is 9.97 Å². The summed E-state index contributed by atoms with van der Waals surface area (Å²) < 4.78 is 17.2. The topological polar surface area (TPSA) is 179 Å². The fraction of sp³-hybridized carbons (Fsp3) is 0.282. The van der Waals surface area contributed by atoms with Crippen molar-refractivity contribution in [3.05, 3.63) is 107 Å². The molecule has 2 N–H and O–H groups in total. The van der Waals surface area contributed by atoms with Gasteiger partial charge < -0.3 is 19.3 Å². The van der Waals surface area contributed by atoms with Crippen LogP contribution in [0.4, 0.5) is 5.69 Å². The van der Waals surface area contributed by atoms with Crippen molar-refractivity contribution in [2.75, 3.05) is 5.32 Å². The highest BCUT2D eigenvalue weighted by Crippen LogP contribution is 2.54. The lowest BCUT2D eigenvalue weighted by atomic mass is 9.87. The van der Waals surface area contributed by atoms with Crippen LogP contribution in [-0.4, -0.2) is 66.8 Å². The third-order valence-corrected chi connectivity index (χ3v) is 10.4. The third-order valence-electron chi connectivity index (χ3n) is 10.4. The van der Waals surface area contributed by atoms with Crippen molar-refractivity contribution in [3.63, 3.8) is 0 Å².